The molecule has 1 aromatic heterocycles. The number of nitrogen functional groups attached to an aromatic ring is 1. The van der Waals surface area contributed by atoms with Gasteiger partial charge in [-0.15, -0.1) is 0 Å². The number of carbonyl (C=O) groups excluding carboxylic acids is 1. The number of anilines is 2. The van der Waals surface area contributed by atoms with Gasteiger partial charge in [-0.25, -0.2) is 4.98 Å². The summed E-state index contributed by atoms with van der Waals surface area (Å²) in [6.07, 6.45) is 4.15. The summed E-state index contributed by atoms with van der Waals surface area (Å²) >= 11 is 0. The van der Waals surface area contributed by atoms with Crippen molar-refractivity contribution in [1.82, 2.24) is 14.9 Å². The van der Waals surface area contributed by atoms with Crippen LogP contribution in [0.2, 0.25) is 0 Å². The van der Waals surface area contributed by atoms with E-state index in [-0.39, 0.29) is 12.7 Å². The van der Waals surface area contributed by atoms with E-state index in [2.05, 4.69) is 14.9 Å². The molecule has 146 valence electrons. The molecule has 3 heterocycles. The molecule has 0 unspecified atom stereocenters. The van der Waals surface area contributed by atoms with Gasteiger partial charge in [0.25, 0.3) is 0 Å². The monoisotopic (exact) mass is 381 g/mol. The molecule has 0 atom stereocenters. The van der Waals surface area contributed by atoms with Crippen molar-refractivity contribution in [2.75, 3.05) is 37.1 Å². The Morgan fingerprint density at radius 2 is 1.93 bits per heavy atom. The number of aromatic nitrogens is 2. The van der Waals surface area contributed by atoms with Crippen molar-refractivity contribution >= 4 is 17.7 Å². The highest BCUT2D eigenvalue weighted by atomic mass is 16.7. The van der Waals surface area contributed by atoms with Gasteiger partial charge in [-0.2, -0.15) is 4.98 Å². The van der Waals surface area contributed by atoms with Crippen LogP contribution in [0.3, 0.4) is 0 Å². The van der Waals surface area contributed by atoms with E-state index in [0.717, 1.165) is 66.4 Å². The molecule has 0 radical (unpaired) electrons. The third kappa shape index (κ3) is 3.08. The van der Waals surface area contributed by atoms with E-state index in [4.69, 9.17) is 15.2 Å². The molecule has 5 rings (SSSR count). The van der Waals surface area contributed by atoms with Crippen LogP contribution in [0.1, 0.15) is 29.7 Å². The fourth-order valence-electron chi connectivity index (χ4n) is 4.17. The molecule has 1 aliphatic carbocycles. The Kier molecular flexibility index (Phi) is 4.18. The lowest BCUT2D eigenvalue weighted by atomic mass is 9.96. The summed E-state index contributed by atoms with van der Waals surface area (Å²) < 4.78 is 10.8. The number of rotatable bonds is 3. The summed E-state index contributed by atoms with van der Waals surface area (Å²) in [5.74, 6) is 2.73. The Labute approximate surface area is 163 Å². The van der Waals surface area contributed by atoms with E-state index in [9.17, 15) is 4.79 Å². The highest BCUT2D eigenvalue weighted by Crippen LogP contribution is 2.33. The average molecular weight is 381 g/mol. The van der Waals surface area contributed by atoms with Gasteiger partial charge in [-0.1, -0.05) is 6.07 Å². The number of ether oxygens (including phenoxy) is 2. The van der Waals surface area contributed by atoms with Crippen molar-refractivity contribution in [3.63, 3.8) is 0 Å². The minimum atomic E-state index is 0.0886. The van der Waals surface area contributed by atoms with Crippen molar-refractivity contribution in [2.24, 2.45) is 0 Å². The first-order valence-electron chi connectivity index (χ1n) is 9.74. The fourth-order valence-corrected chi connectivity index (χ4v) is 4.17. The van der Waals surface area contributed by atoms with Gasteiger partial charge < -0.3 is 25.0 Å². The molecule has 2 N–H and O–H groups in total. The Balaban J connectivity index is 1.31. The normalized spacial score (nSPS) is 18.4. The molecule has 1 amide bonds. The predicted octanol–water partition coefficient (Wildman–Crippen LogP) is 1.52. The zero-order valence-electron chi connectivity index (χ0n) is 15.7. The smallest absolute Gasteiger partial charge is 0.242 e. The van der Waals surface area contributed by atoms with Crippen molar-refractivity contribution in [2.45, 2.75) is 32.2 Å². The van der Waals surface area contributed by atoms with Crippen molar-refractivity contribution in [1.29, 1.82) is 0 Å². The van der Waals surface area contributed by atoms with E-state index in [1.165, 1.54) is 0 Å². The second kappa shape index (κ2) is 6.85. The number of nitrogens with two attached hydrogens (primary N) is 1. The SMILES string of the molecule is Nc1nc2c(c(N3CCN(Cc4ccc5c(c4)OCO5)C(=O)C3)n1)CCCC2. The predicted molar refractivity (Wildman–Crippen MR) is 103 cm³/mol. The third-order valence-corrected chi connectivity index (χ3v) is 5.61. The lowest BCUT2D eigenvalue weighted by molar-refractivity contribution is -0.131. The first-order valence-corrected chi connectivity index (χ1v) is 9.74. The van der Waals surface area contributed by atoms with Gasteiger partial charge in [0.05, 0.1) is 12.2 Å². The fraction of sp³-hybridized carbons (Fsp3) is 0.450. The van der Waals surface area contributed by atoms with Gasteiger partial charge >= 0.3 is 0 Å². The average Bonchev–Trinajstić information content (AvgIpc) is 3.17. The third-order valence-electron chi connectivity index (χ3n) is 5.61. The van der Waals surface area contributed by atoms with Gasteiger partial charge in [0, 0.05) is 25.2 Å². The summed E-state index contributed by atoms with van der Waals surface area (Å²) in [5, 5.41) is 0. The topological polar surface area (TPSA) is 93.8 Å². The Morgan fingerprint density at radius 3 is 2.82 bits per heavy atom. The second-order valence-electron chi connectivity index (χ2n) is 7.46. The largest absolute Gasteiger partial charge is 0.454 e. The molecule has 0 bridgehead atoms. The number of hydrogen-bond acceptors (Lipinski definition) is 7. The number of piperazine rings is 1. The van der Waals surface area contributed by atoms with Gasteiger partial charge in [0.1, 0.15) is 5.82 Å². The lowest BCUT2D eigenvalue weighted by Crippen LogP contribution is -2.50. The molecule has 28 heavy (non-hydrogen) atoms. The minimum Gasteiger partial charge on any atom is -0.454 e. The van der Waals surface area contributed by atoms with Crippen LogP contribution >= 0.6 is 0 Å². The van der Waals surface area contributed by atoms with Crippen molar-refractivity contribution in [3.05, 3.63) is 35.0 Å². The zero-order valence-corrected chi connectivity index (χ0v) is 15.7. The summed E-state index contributed by atoms with van der Waals surface area (Å²) in [5.41, 5.74) is 9.18. The minimum absolute atomic E-state index is 0.0886. The number of hydrogen-bond donors (Lipinski definition) is 1. The highest BCUT2D eigenvalue weighted by molar-refractivity contribution is 5.83. The van der Waals surface area contributed by atoms with Crippen LogP contribution < -0.4 is 20.1 Å². The van der Waals surface area contributed by atoms with Crippen molar-refractivity contribution < 1.29 is 14.3 Å². The van der Waals surface area contributed by atoms with Crippen LogP contribution in [0, 0.1) is 0 Å². The van der Waals surface area contributed by atoms with Gasteiger partial charge in [-0.3, -0.25) is 4.79 Å². The standard InChI is InChI=1S/C20H23N5O3/c21-20-22-15-4-2-1-3-14(15)19(23-20)25-8-7-24(18(26)11-25)10-13-5-6-16-17(9-13)28-12-27-16/h5-6,9H,1-4,7-8,10-12H2,(H2,21,22,23). The Morgan fingerprint density at radius 1 is 1.07 bits per heavy atom. The number of carbonyl (C=O) groups is 1. The second-order valence-corrected chi connectivity index (χ2v) is 7.46. The first-order chi connectivity index (χ1) is 13.7. The van der Waals surface area contributed by atoms with E-state index < -0.39 is 0 Å². The summed E-state index contributed by atoms with van der Waals surface area (Å²) in [4.78, 5) is 25.7. The van der Waals surface area contributed by atoms with E-state index in [1.54, 1.807) is 0 Å². The van der Waals surface area contributed by atoms with Crippen LogP contribution in [-0.2, 0) is 24.2 Å². The molecule has 2 aliphatic heterocycles. The summed E-state index contributed by atoms with van der Waals surface area (Å²) in [7, 11) is 0. The molecule has 1 aromatic carbocycles. The van der Waals surface area contributed by atoms with Crippen LogP contribution in [-0.4, -0.2) is 47.2 Å². The molecule has 8 heteroatoms. The van der Waals surface area contributed by atoms with E-state index in [1.807, 2.05) is 23.1 Å². The quantitative estimate of drug-likeness (QED) is 0.861. The Hall–Kier alpha value is -3.03. The molecule has 3 aliphatic rings. The van der Waals surface area contributed by atoms with E-state index in [0.29, 0.717) is 25.6 Å². The molecular weight excluding hydrogens is 358 g/mol. The van der Waals surface area contributed by atoms with Gasteiger partial charge in [0.15, 0.2) is 11.5 Å². The number of aryl methyl sites for hydroxylation is 1. The molecule has 0 spiro atoms. The maximum Gasteiger partial charge on any atom is 0.242 e. The number of benzene rings is 1. The highest BCUT2D eigenvalue weighted by Gasteiger charge is 2.29. The zero-order chi connectivity index (χ0) is 19.1. The Bertz CT molecular complexity index is 932. The molecule has 1 saturated heterocycles. The molecular formula is C20H23N5O3. The van der Waals surface area contributed by atoms with Gasteiger partial charge in [-0.05, 0) is 43.4 Å². The number of amides is 1. The van der Waals surface area contributed by atoms with Crippen LogP contribution in [0.15, 0.2) is 18.2 Å². The molecule has 8 nitrogen and oxygen atoms in total. The number of fused-ring (bicyclic) bond motifs is 2. The lowest BCUT2D eigenvalue weighted by Gasteiger charge is -2.36. The van der Waals surface area contributed by atoms with Crippen LogP contribution in [0.4, 0.5) is 11.8 Å². The van der Waals surface area contributed by atoms with Crippen molar-refractivity contribution in [3.8, 4) is 11.5 Å². The van der Waals surface area contributed by atoms with E-state index >= 15 is 0 Å². The molecule has 0 saturated carbocycles. The van der Waals surface area contributed by atoms with Crippen LogP contribution in [0.5, 0.6) is 11.5 Å². The summed E-state index contributed by atoms with van der Waals surface area (Å²) in [6, 6.07) is 5.83. The summed E-state index contributed by atoms with van der Waals surface area (Å²) in [6.45, 7) is 2.51. The first kappa shape index (κ1) is 17.1. The molecule has 1 fully saturated rings. The van der Waals surface area contributed by atoms with Crippen LogP contribution in [0.25, 0.3) is 0 Å². The maximum atomic E-state index is 12.8. The maximum absolute atomic E-state index is 12.8. The molecule has 2 aromatic rings. The number of nitrogens with zero attached hydrogens (tertiary/aromatic N) is 4. The van der Waals surface area contributed by atoms with Gasteiger partial charge in [0.2, 0.25) is 18.6 Å².